The highest BCUT2D eigenvalue weighted by Gasteiger charge is 2.13. The topological polar surface area (TPSA) is 68.4 Å². The summed E-state index contributed by atoms with van der Waals surface area (Å²) in [5, 5.41) is 11.3. The summed E-state index contributed by atoms with van der Waals surface area (Å²) in [7, 11) is 1.93. The summed E-state index contributed by atoms with van der Waals surface area (Å²) < 4.78 is 9.56. The minimum Gasteiger partial charge on any atom is -0.490 e. The maximum atomic E-state index is 5.69. The molecule has 0 amide bonds. The zero-order valence-electron chi connectivity index (χ0n) is 15.2. The fourth-order valence-corrected chi connectivity index (χ4v) is 3.36. The van der Waals surface area contributed by atoms with E-state index in [1.54, 1.807) is 6.20 Å². The van der Waals surface area contributed by atoms with E-state index in [4.69, 9.17) is 4.74 Å². The number of hydrogen-bond donors (Lipinski definition) is 2. The first-order valence-corrected chi connectivity index (χ1v) is 8.93. The van der Waals surface area contributed by atoms with Crippen molar-refractivity contribution in [1.29, 1.82) is 0 Å². The van der Waals surface area contributed by atoms with E-state index in [0.29, 0.717) is 6.61 Å². The van der Waals surface area contributed by atoms with Crippen LogP contribution >= 0.6 is 0 Å². The van der Waals surface area contributed by atoms with Crippen LogP contribution in [0.1, 0.15) is 5.69 Å². The lowest BCUT2D eigenvalue weighted by atomic mass is 10.1. The second-order valence-corrected chi connectivity index (χ2v) is 6.71. The molecule has 0 unspecified atom stereocenters. The Morgan fingerprint density at radius 2 is 2.11 bits per heavy atom. The smallest absolute Gasteiger partial charge is 0.160 e. The van der Waals surface area contributed by atoms with Crippen molar-refractivity contribution in [2.45, 2.75) is 6.92 Å². The molecular formula is C20H20N6O. The van der Waals surface area contributed by atoms with Crippen LogP contribution in [-0.2, 0) is 7.05 Å². The fourth-order valence-electron chi connectivity index (χ4n) is 3.36. The van der Waals surface area contributed by atoms with Crippen LogP contribution in [0.15, 0.2) is 48.9 Å². The van der Waals surface area contributed by atoms with E-state index >= 15 is 0 Å². The zero-order chi connectivity index (χ0) is 18.4. The van der Waals surface area contributed by atoms with Crippen LogP contribution in [0.5, 0.6) is 5.75 Å². The fraction of sp³-hybridized carbons (Fsp3) is 0.200. The minimum absolute atomic E-state index is 0.699. The predicted octanol–water partition coefficient (Wildman–Crippen LogP) is 3.59. The number of anilines is 3. The first-order chi connectivity index (χ1) is 13.2. The number of aryl methyl sites for hydroxylation is 2. The zero-order valence-corrected chi connectivity index (χ0v) is 15.2. The van der Waals surface area contributed by atoms with Gasteiger partial charge in [-0.1, -0.05) is 6.07 Å². The molecule has 3 aromatic heterocycles. The molecular weight excluding hydrogens is 340 g/mol. The second kappa shape index (κ2) is 6.05. The Morgan fingerprint density at radius 3 is 2.96 bits per heavy atom. The molecule has 7 nitrogen and oxygen atoms in total. The maximum Gasteiger partial charge on any atom is 0.160 e. The number of rotatable bonds is 3. The number of nitrogens with one attached hydrogen (secondary N) is 2. The Labute approximate surface area is 156 Å². The molecule has 0 bridgehead atoms. The van der Waals surface area contributed by atoms with Gasteiger partial charge in [0.05, 0.1) is 11.4 Å². The molecule has 5 rings (SSSR count). The van der Waals surface area contributed by atoms with E-state index in [1.807, 2.05) is 41.4 Å². The predicted molar refractivity (Wildman–Crippen MR) is 106 cm³/mol. The molecule has 1 aliphatic rings. The lowest BCUT2D eigenvalue weighted by molar-refractivity contribution is 0.323. The van der Waals surface area contributed by atoms with Gasteiger partial charge in [0.15, 0.2) is 11.5 Å². The van der Waals surface area contributed by atoms with Gasteiger partial charge >= 0.3 is 0 Å². The highest BCUT2D eigenvalue weighted by Crippen LogP contribution is 2.34. The maximum absolute atomic E-state index is 5.69. The van der Waals surface area contributed by atoms with Crippen LogP contribution in [-0.4, -0.2) is 32.3 Å². The summed E-state index contributed by atoms with van der Waals surface area (Å²) in [6, 6.07) is 10.4. The lowest BCUT2D eigenvalue weighted by Crippen LogP contribution is -2.17. The summed E-state index contributed by atoms with van der Waals surface area (Å²) in [5.41, 5.74) is 6.10. The van der Waals surface area contributed by atoms with Gasteiger partial charge in [-0.2, -0.15) is 5.10 Å². The Morgan fingerprint density at radius 1 is 1.19 bits per heavy atom. The number of pyridine rings is 1. The standard InChI is InChI=1S/C20H20N6O/c1-13-9-19(24-25(13)2)23-17-11-15(12-26-7-5-22-20(17)26)14-3-4-18-16(10-14)21-6-8-27-18/h3-5,7,9-12,21H,6,8H2,1-2H3,(H,23,24). The molecule has 4 aromatic rings. The number of imidazole rings is 1. The Balaban J connectivity index is 1.59. The van der Waals surface area contributed by atoms with E-state index in [9.17, 15) is 0 Å². The van der Waals surface area contributed by atoms with E-state index in [0.717, 1.165) is 52.0 Å². The summed E-state index contributed by atoms with van der Waals surface area (Å²) in [6.07, 6.45) is 5.84. The van der Waals surface area contributed by atoms with E-state index < -0.39 is 0 Å². The van der Waals surface area contributed by atoms with Gasteiger partial charge in [0.2, 0.25) is 0 Å². The largest absolute Gasteiger partial charge is 0.490 e. The summed E-state index contributed by atoms with van der Waals surface area (Å²) >= 11 is 0. The number of nitrogens with zero attached hydrogens (tertiary/aromatic N) is 4. The van der Waals surface area contributed by atoms with Crippen molar-refractivity contribution in [2.75, 3.05) is 23.8 Å². The highest BCUT2D eigenvalue weighted by molar-refractivity contribution is 5.81. The third-order valence-corrected chi connectivity index (χ3v) is 4.85. The van der Waals surface area contributed by atoms with Crippen molar-refractivity contribution in [2.24, 2.45) is 7.05 Å². The Hall–Kier alpha value is -3.48. The molecule has 136 valence electrons. The molecule has 7 heteroatoms. The molecule has 0 radical (unpaired) electrons. The molecule has 27 heavy (non-hydrogen) atoms. The minimum atomic E-state index is 0.699. The molecule has 0 spiro atoms. The molecule has 0 saturated heterocycles. The monoisotopic (exact) mass is 360 g/mol. The summed E-state index contributed by atoms with van der Waals surface area (Å²) in [6.45, 7) is 3.55. The van der Waals surface area contributed by atoms with Gasteiger partial charge in [-0.15, -0.1) is 0 Å². The number of aromatic nitrogens is 4. The molecule has 2 N–H and O–H groups in total. The van der Waals surface area contributed by atoms with Gasteiger partial charge in [0, 0.05) is 49.5 Å². The van der Waals surface area contributed by atoms with Crippen molar-refractivity contribution in [3.05, 3.63) is 54.6 Å². The van der Waals surface area contributed by atoms with Crippen LogP contribution < -0.4 is 15.4 Å². The quantitative estimate of drug-likeness (QED) is 0.584. The second-order valence-electron chi connectivity index (χ2n) is 6.71. The Bertz CT molecular complexity index is 1120. The van der Waals surface area contributed by atoms with E-state index in [1.165, 1.54) is 0 Å². The van der Waals surface area contributed by atoms with Gasteiger partial charge in [-0.05, 0) is 30.7 Å². The van der Waals surface area contributed by atoms with Crippen molar-refractivity contribution in [1.82, 2.24) is 19.2 Å². The van der Waals surface area contributed by atoms with E-state index in [2.05, 4.69) is 45.1 Å². The van der Waals surface area contributed by atoms with E-state index in [-0.39, 0.29) is 0 Å². The molecule has 0 saturated carbocycles. The Kier molecular flexibility index (Phi) is 3.53. The molecule has 0 fully saturated rings. The lowest BCUT2D eigenvalue weighted by Gasteiger charge is -2.20. The average Bonchev–Trinajstić information content (AvgIpc) is 3.28. The van der Waals surface area contributed by atoms with Crippen LogP contribution in [0.3, 0.4) is 0 Å². The number of benzene rings is 1. The molecule has 0 atom stereocenters. The molecule has 1 aromatic carbocycles. The third-order valence-electron chi connectivity index (χ3n) is 4.85. The van der Waals surface area contributed by atoms with Crippen LogP contribution in [0, 0.1) is 6.92 Å². The highest BCUT2D eigenvalue weighted by atomic mass is 16.5. The van der Waals surface area contributed by atoms with Gasteiger partial charge in [-0.25, -0.2) is 4.98 Å². The SMILES string of the molecule is Cc1cc(Nc2cc(-c3ccc4c(c3)NCCO4)cn3ccnc23)nn1C. The number of hydrogen-bond acceptors (Lipinski definition) is 5. The van der Waals surface area contributed by atoms with Crippen LogP contribution in [0.2, 0.25) is 0 Å². The first-order valence-electron chi connectivity index (χ1n) is 8.93. The molecule has 0 aliphatic carbocycles. The molecule has 1 aliphatic heterocycles. The van der Waals surface area contributed by atoms with Crippen LogP contribution in [0.25, 0.3) is 16.8 Å². The van der Waals surface area contributed by atoms with Crippen molar-refractivity contribution in [3.8, 4) is 16.9 Å². The van der Waals surface area contributed by atoms with Gasteiger partial charge in [-0.3, -0.25) is 4.68 Å². The van der Waals surface area contributed by atoms with Crippen molar-refractivity contribution >= 4 is 22.8 Å². The normalized spacial score (nSPS) is 13.1. The van der Waals surface area contributed by atoms with Gasteiger partial charge in [0.1, 0.15) is 12.4 Å². The summed E-state index contributed by atoms with van der Waals surface area (Å²) in [5.74, 6) is 1.70. The average molecular weight is 360 g/mol. The van der Waals surface area contributed by atoms with Gasteiger partial charge in [0.25, 0.3) is 0 Å². The van der Waals surface area contributed by atoms with Crippen molar-refractivity contribution < 1.29 is 4.74 Å². The van der Waals surface area contributed by atoms with Crippen molar-refractivity contribution in [3.63, 3.8) is 0 Å². The third kappa shape index (κ3) is 2.77. The summed E-state index contributed by atoms with van der Waals surface area (Å²) in [4.78, 5) is 4.48. The number of ether oxygens (including phenoxy) is 1. The number of fused-ring (bicyclic) bond motifs is 2. The first kappa shape index (κ1) is 15.7. The molecule has 4 heterocycles. The van der Waals surface area contributed by atoms with Crippen LogP contribution in [0.4, 0.5) is 17.2 Å². The van der Waals surface area contributed by atoms with Gasteiger partial charge < -0.3 is 19.8 Å².